The lowest BCUT2D eigenvalue weighted by Gasteiger charge is -1.99. The Labute approximate surface area is 84.7 Å². The van der Waals surface area contributed by atoms with Gasteiger partial charge < -0.3 is 4.74 Å². The van der Waals surface area contributed by atoms with Crippen LogP contribution in [0.1, 0.15) is 0 Å². The number of non-ortho nitro benzene ring substituents is 1. The monoisotopic (exact) mass is 205 g/mol. The number of methoxy groups -OCH3 is 1. The van der Waals surface area contributed by atoms with Gasteiger partial charge in [-0.05, 0) is 6.07 Å². The number of nitrogens with zero attached hydrogens (tertiary/aromatic N) is 3. The van der Waals surface area contributed by atoms with Crippen LogP contribution in [0.4, 0.5) is 5.69 Å². The van der Waals surface area contributed by atoms with Crippen LogP contribution in [0.5, 0.6) is 5.88 Å². The van der Waals surface area contributed by atoms with E-state index in [-0.39, 0.29) is 5.69 Å². The van der Waals surface area contributed by atoms with Gasteiger partial charge in [0.25, 0.3) is 5.69 Å². The summed E-state index contributed by atoms with van der Waals surface area (Å²) in [6.45, 7) is 0. The SMILES string of the molecule is COc1cnc2ccc([N+](=O)[O-])cc2n1. The molecule has 6 nitrogen and oxygen atoms in total. The first-order chi connectivity index (χ1) is 7.20. The van der Waals surface area contributed by atoms with Crippen molar-refractivity contribution in [1.29, 1.82) is 0 Å². The minimum absolute atomic E-state index is 0.00921. The molecule has 2 aromatic rings. The van der Waals surface area contributed by atoms with Gasteiger partial charge in [-0.25, -0.2) is 9.97 Å². The van der Waals surface area contributed by atoms with Crippen molar-refractivity contribution in [3.05, 3.63) is 34.5 Å². The lowest BCUT2D eigenvalue weighted by Crippen LogP contribution is -1.92. The van der Waals surface area contributed by atoms with Gasteiger partial charge in [0, 0.05) is 12.1 Å². The standard InChI is InChI=1S/C9H7N3O3/c1-15-9-5-10-7-3-2-6(12(13)14)4-8(7)11-9/h2-5H,1H3. The topological polar surface area (TPSA) is 78.2 Å². The number of nitro groups is 1. The van der Waals surface area contributed by atoms with E-state index in [2.05, 4.69) is 9.97 Å². The first-order valence-corrected chi connectivity index (χ1v) is 4.16. The molecule has 0 N–H and O–H groups in total. The van der Waals surface area contributed by atoms with E-state index in [0.717, 1.165) is 0 Å². The van der Waals surface area contributed by atoms with Crippen molar-refractivity contribution in [1.82, 2.24) is 9.97 Å². The number of nitro benzene ring substituents is 1. The van der Waals surface area contributed by atoms with Gasteiger partial charge in [0.05, 0.1) is 29.3 Å². The number of hydrogen-bond donors (Lipinski definition) is 0. The molecule has 0 aliphatic carbocycles. The molecular formula is C9H7N3O3. The second-order valence-corrected chi connectivity index (χ2v) is 2.84. The molecule has 6 heteroatoms. The Morgan fingerprint density at radius 1 is 1.40 bits per heavy atom. The summed E-state index contributed by atoms with van der Waals surface area (Å²) in [4.78, 5) is 18.1. The molecule has 0 saturated carbocycles. The molecule has 0 bridgehead atoms. The molecule has 76 valence electrons. The van der Waals surface area contributed by atoms with Gasteiger partial charge in [0.2, 0.25) is 5.88 Å². The second kappa shape index (κ2) is 3.49. The van der Waals surface area contributed by atoms with E-state index in [9.17, 15) is 10.1 Å². The van der Waals surface area contributed by atoms with Gasteiger partial charge in [0.15, 0.2) is 0 Å². The summed E-state index contributed by atoms with van der Waals surface area (Å²) in [7, 11) is 1.47. The zero-order valence-electron chi connectivity index (χ0n) is 7.88. The van der Waals surface area contributed by atoms with Crippen LogP contribution in [0.3, 0.4) is 0 Å². The highest BCUT2D eigenvalue weighted by atomic mass is 16.6. The third-order valence-electron chi connectivity index (χ3n) is 1.92. The lowest BCUT2D eigenvalue weighted by atomic mass is 10.2. The Bertz CT molecular complexity index is 527. The van der Waals surface area contributed by atoms with Crippen molar-refractivity contribution in [2.45, 2.75) is 0 Å². The maximum atomic E-state index is 10.5. The molecular weight excluding hydrogens is 198 g/mol. The van der Waals surface area contributed by atoms with Crippen LogP contribution in [-0.4, -0.2) is 22.0 Å². The van der Waals surface area contributed by atoms with Gasteiger partial charge in [-0.15, -0.1) is 0 Å². The number of benzene rings is 1. The summed E-state index contributed by atoms with van der Waals surface area (Å²) in [6, 6.07) is 4.31. The minimum atomic E-state index is -0.472. The van der Waals surface area contributed by atoms with Crippen molar-refractivity contribution in [2.24, 2.45) is 0 Å². The highest BCUT2D eigenvalue weighted by Gasteiger charge is 2.07. The van der Waals surface area contributed by atoms with Crippen LogP contribution >= 0.6 is 0 Å². The zero-order chi connectivity index (χ0) is 10.8. The van der Waals surface area contributed by atoms with Gasteiger partial charge in [-0.2, -0.15) is 0 Å². The first kappa shape index (κ1) is 9.32. The van der Waals surface area contributed by atoms with E-state index in [1.165, 1.54) is 25.4 Å². The number of ether oxygens (including phenoxy) is 1. The van der Waals surface area contributed by atoms with Gasteiger partial charge in [0.1, 0.15) is 0 Å². The fourth-order valence-electron chi connectivity index (χ4n) is 1.19. The fourth-order valence-corrected chi connectivity index (χ4v) is 1.19. The van der Waals surface area contributed by atoms with Crippen molar-refractivity contribution < 1.29 is 9.66 Å². The van der Waals surface area contributed by atoms with Gasteiger partial charge >= 0.3 is 0 Å². The smallest absolute Gasteiger partial charge is 0.271 e. The Morgan fingerprint density at radius 3 is 2.87 bits per heavy atom. The van der Waals surface area contributed by atoms with Gasteiger partial charge in [-0.1, -0.05) is 0 Å². The molecule has 0 amide bonds. The number of aromatic nitrogens is 2. The highest BCUT2D eigenvalue weighted by Crippen LogP contribution is 2.19. The van der Waals surface area contributed by atoms with Crippen LogP contribution in [0, 0.1) is 10.1 Å². The molecule has 2 rings (SSSR count). The molecule has 0 saturated heterocycles. The highest BCUT2D eigenvalue weighted by molar-refractivity contribution is 5.77. The Balaban J connectivity index is 2.62. The molecule has 0 spiro atoms. The van der Waals surface area contributed by atoms with Gasteiger partial charge in [-0.3, -0.25) is 10.1 Å². The molecule has 1 aromatic heterocycles. The molecule has 0 fully saturated rings. The Kier molecular flexibility index (Phi) is 2.17. The third-order valence-corrected chi connectivity index (χ3v) is 1.92. The number of fused-ring (bicyclic) bond motifs is 1. The number of rotatable bonds is 2. The van der Waals surface area contributed by atoms with E-state index >= 15 is 0 Å². The van der Waals surface area contributed by atoms with Crippen LogP contribution in [0.15, 0.2) is 24.4 Å². The summed E-state index contributed by atoms with van der Waals surface area (Å²) in [5.74, 6) is 0.336. The normalized spacial score (nSPS) is 10.2. The van der Waals surface area contributed by atoms with Crippen LogP contribution in [0.2, 0.25) is 0 Å². The molecule has 0 atom stereocenters. The van der Waals surface area contributed by atoms with E-state index in [4.69, 9.17) is 4.74 Å². The lowest BCUT2D eigenvalue weighted by molar-refractivity contribution is -0.384. The summed E-state index contributed by atoms with van der Waals surface area (Å²) in [5, 5.41) is 10.5. The average Bonchev–Trinajstić information content (AvgIpc) is 2.27. The van der Waals surface area contributed by atoms with E-state index in [0.29, 0.717) is 16.9 Å². The molecule has 1 heterocycles. The summed E-state index contributed by atoms with van der Waals surface area (Å²) >= 11 is 0. The van der Waals surface area contributed by atoms with Crippen molar-refractivity contribution in [3.8, 4) is 5.88 Å². The van der Waals surface area contributed by atoms with E-state index in [1.54, 1.807) is 6.07 Å². The van der Waals surface area contributed by atoms with E-state index in [1.807, 2.05) is 0 Å². The van der Waals surface area contributed by atoms with E-state index < -0.39 is 4.92 Å². The summed E-state index contributed by atoms with van der Waals surface area (Å²) < 4.78 is 4.88. The molecule has 15 heavy (non-hydrogen) atoms. The van der Waals surface area contributed by atoms with Crippen LogP contribution < -0.4 is 4.74 Å². The Hall–Kier alpha value is -2.24. The number of hydrogen-bond acceptors (Lipinski definition) is 5. The fraction of sp³-hybridized carbons (Fsp3) is 0.111. The largest absolute Gasteiger partial charge is 0.480 e. The molecule has 0 radical (unpaired) electrons. The third kappa shape index (κ3) is 1.69. The average molecular weight is 205 g/mol. The van der Waals surface area contributed by atoms with Crippen molar-refractivity contribution >= 4 is 16.7 Å². The molecule has 0 aliphatic rings. The predicted octanol–water partition coefficient (Wildman–Crippen LogP) is 1.55. The van der Waals surface area contributed by atoms with Crippen LogP contribution in [0.25, 0.3) is 11.0 Å². The second-order valence-electron chi connectivity index (χ2n) is 2.84. The molecule has 1 aromatic carbocycles. The summed E-state index contributed by atoms with van der Waals surface area (Å²) in [5.41, 5.74) is 1.04. The summed E-state index contributed by atoms with van der Waals surface area (Å²) in [6.07, 6.45) is 1.47. The predicted molar refractivity (Wildman–Crippen MR) is 52.7 cm³/mol. The maximum Gasteiger partial charge on any atom is 0.271 e. The minimum Gasteiger partial charge on any atom is -0.480 e. The quantitative estimate of drug-likeness (QED) is 0.549. The van der Waals surface area contributed by atoms with Crippen LogP contribution in [-0.2, 0) is 0 Å². The van der Waals surface area contributed by atoms with Crippen molar-refractivity contribution in [3.63, 3.8) is 0 Å². The zero-order valence-corrected chi connectivity index (χ0v) is 7.88. The molecule has 0 unspecified atom stereocenters. The maximum absolute atomic E-state index is 10.5. The van der Waals surface area contributed by atoms with Crippen molar-refractivity contribution in [2.75, 3.05) is 7.11 Å². The Morgan fingerprint density at radius 2 is 2.20 bits per heavy atom. The molecule has 0 aliphatic heterocycles. The first-order valence-electron chi connectivity index (χ1n) is 4.16.